The standard InChI is InChI=1S/C18H27N3O4/c1-13(8-11-24-2)19-18(23)20-15-12-14(6-7-16(15)25-3)17(22)21-9-4-5-10-21/h6-7,12-13H,4-5,8-11H2,1-3H3,(H2,19,20,23)/t13-/m1/s1. The number of ether oxygens (including phenoxy) is 2. The van der Waals surface area contributed by atoms with Crippen LogP contribution in [0.3, 0.4) is 0 Å². The maximum absolute atomic E-state index is 12.5. The summed E-state index contributed by atoms with van der Waals surface area (Å²) >= 11 is 0. The van der Waals surface area contributed by atoms with Gasteiger partial charge in [0.05, 0.1) is 12.8 Å². The molecule has 1 saturated heterocycles. The van der Waals surface area contributed by atoms with Crippen LogP contribution in [0.4, 0.5) is 10.5 Å². The van der Waals surface area contributed by atoms with Crippen LogP contribution in [0, 0.1) is 0 Å². The van der Waals surface area contributed by atoms with E-state index in [0.717, 1.165) is 25.9 Å². The lowest BCUT2D eigenvalue weighted by atomic mass is 10.1. The van der Waals surface area contributed by atoms with Gasteiger partial charge in [-0.25, -0.2) is 4.79 Å². The quantitative estimate of drug-likeness (QED) is 0.792. The fourth-order valence-electron chi connectivity index (χ4n) is 2.79. The van der Waals surface area contributed by atoms with Crippen molar-refractivity contribution >= 4 is 17.6 Å². The third-order valence-electron chi connectivity index (χ3n) is 4.22. The van der Waals surface area contributed by atoms with Crippen molar-refractivity contribution in [2.24, 2.45) is 0 Å². The molecule has 1 aromatic rings. The van der Waals surface area contributed by atoms with Crippen LogP contribution in [0.1, 0.15) is 36.5 Å². The normalized spacial score (nSPS) is 14.9. The van der Waals surface area contributed by atoms with Crippen LogP contribution in [0.5, 0.6) is 5.75 Å². The number of rotatable bonds is 7. The third kappa shape index (κ3) is 5.35. The van der Waals surface area contributed by atoms with Gasteiger partial charge in [-0.2, -0.15) is 0 Å². The molecule has 0 unspecified atom stereocenters. The number of urea groups is 1. The average Bonchev–Trinajstić information content (AvgIpc) is 3.13. The Hall–Kier alpha value is -2.28. The fourth-order valence-corrected chi connectivity index (χ4v) is 2.79. The van der Waals surface area contributed by atoms with Crippen molar-refractivity contribution in [3.8, 4) is 5.75 Å². The molecule has 0 radical (unpaired) electrons. The molecule has 0 aliphatic carbocycles. The molecule has 1 fully saturated rings. The minimum atomic E-state index is -0.340. The first-order valence-electron chi connectivity index (χ1n) is 8.59. The Morgan fingerprint density at radius 2 is 1.96 bits per heavy atom. The highest BCUT2D eigenvalue weighted by molar-refractivity contribution is 5.98. The smallest absolute Gasteiger partial charge is 0.319 e. The molecule has 1 aliphatic heterocycles. The number of nitrogens with one attached hydrogen (secondary N) is 2. The molecular formula is C18H27N3O4. The van der Waals surface area contributed by atoms with Gasteiger partial charge in [-0.15, -0.1) is 0 Å². The number of amides is 3. The molecule has 1 aliphatic rings. The van der Waals surface area contributed by atoms with Crippen molar-refractivity contribution in [2.75, 3.05) is 39.2 Å². The molecule has 1 heterocycles. The minimum Gasteiger partial charge on any atom is -0.495 e. The van der Waals surface area contributed by atoms with Crippen molar-refractivity contribution in [1.82, 2.24) is 10.2 Å². The minimum absolute atomic E-state index is 0.0166. The molecule has 0 aromatic heterocycles. The Bertz CT molecular complexity index is 600. The molecule has 1 aromatic carbocycles. The van der Waals surface area contributed by atoms with E-state index in [1.807, 2.05) is 11.8 Å². The number of methoxy groups -OCH3 is 2. The van der Waals surface area contributed by atoms with E-state index < -0.39 is 0 Å². The highest BCUT2D eigenvalue weighted by atomic mass is 16.5. The van der Waals surface area contributed by atoms with Gasteiger partial charge in [-0.1, -0.05) is 0 Å². The summed E-state index contributed by atoms with van der Waals surface area (Å²) in [5.41, 5.74) is 1.02. The number of hydrogen-bond acceptors (Lipinski definition) is 4. The summed E-state index contributed by atoms with van der Waals surface area (Å²) < 4.78 is 10.3. The van der Waals surface area contributed by atoms with Crippen molar-refractivity contribution in [2.45, 2.75) is 32.2 Å². The number of nitrogens with zero attached hydrogens (tertiary/aromatic N) is 1. The van der Waals surface area contributed by atoms with Gasteiger partial charge < -0.3 is 25.0 Å². The lowest BCUT2D eigenvalue weighted by molar-refractivity contribution is 0.0793. The first-order chi connectivity index (χ1) is 12.0. The third-order valence-corrected chi connectivity index (χ3v) is 4.22. The van der Waals surface area contributed by atoms with Gasteiger partial charge in [0, 0.05) is 38.4 Å². The summed E-state index contributed by atoms with van der Waals surface area (Å²) in [5, 5.41) is 5.61. The van der Waals surface area contributed by atoms with Crippen molar-refractivity contribution in [3.05, 3.63) is 23.8 Å². The lowest BCUT2D eigenvalue weighted by Crippen LogP contribution is -2.36. The molecule has 0 saturated carbocycles. The number of benzene rings is 1. The van der Waals surface area contributed by atoms with Crippen LogP contribution in [-0.4, -0.2) is 56.8 Å². The zero-order valence-corrected chi connectivity index (χ0v) is 15.1. The second-order valence-corrected chi connectivity index (χ2v) is 6.20. The second-order valence-electron chi connectivity index (χ2n) is 6.20. The number of carbonyl (C=O) groups is 2. The Kier molecular flexibility index (Phi) is 7.06. The number of hydrogen-bond donors (Lipinski definition) is 2. The maximum atomic E-state index is 12.5. The van der Waals surface area contributed by atoms with Crippen molar-refractivity contribution in [3.63, 3.8) is 0 Å². The van der Waals surface area contributed by atoms with Gasteiger partial charge in [0.15, 0.2) is 0 Å². The number of likely N-dealkylation sites (tertiary alicyclic amines) is 1. The highest BCUT2D eigenvalue weighted by Crippen LogP contribution is 2.26. The zero-order valence-electron chi connectivity index (χ0n) is 15.1. The molecule has 0 spiro atoms. The molecule has 138 valence electrons. The highest BCUT2D eigenvalue weighted by Gasteiger charge is 2.21. The molecule has 1 atom stereocenters. The lowest BCUT2D eigenvalue weighted by Gasteiger charge is -2.18. The van der Waals surface area contributed by atoms with E-state index in [2.05, 4.69) is 10.6 Å². The molecule has 2 rings (SSSR count). The van der Waals surface area contributed by atoms with Gasteiger partial charge in [0.25, 0.3) is 5.91 Å². The van der Waals surface area contributed by atoms with Crippen molar-refractivity contribution < 1.29 is 19.1 Å². The van der Waals surface area contributed by atoms with Gasteiger partial charge in [-0.05, 0) is 44.4 Å². The molecule has 25 heavy (non-hydrogen) atoms. The largest absolute Gasteiger partial charge is 0.495 e. The van der Waals surface area contributed by atoms with Crippen LogP contribution in [-0.2, 0) is 4.74 Å². The number of anilines is 1. The van der Waals surface area contributed by atoms with Crippen LogP contribution in [0.25, 0.3) is 0 Å². The first kappa shape index (κ1) is 19.1. The van der Waals surface area contributed by atoms with Gasteiger partial charge >= 0.3 is 6.03 Å². The van der Waals surface area contributed by atoms with Crippen molar-refractivity contribution in [1.29, 1.82) is 0 Å². The van der Waals surface area contributed by atoms with E-state index in [1.165, 1.54) is 7.11 Å². The van der Waals surface area contributed by atoms with E-state index in [-0.39, 0.29) is 18.0 Å². The monoisotopic (exact) mass is 349 g/mol. The predicted octanol–water partition coefficient (Wildman–Crippen LogP) is 2.48. The van der Waals surface area contributed by atoms with E-state index in [4.69, 9.17) is 9.47 Å². The Morgan fingerprint density at radius 3 is 2.60 bits per heavy atom. The Morgan fingerprint density at radius 1 is 1.24 bits per heavy atom. The Balaban J connectivity index is 2.06. The predicted molar refractivity (Wildman–Crippen MR) is 96.2 cm³/mol. The summed E-state index contributed by atoms with van der Waals surface area (Å²) in [6.45, 7) is 4.05. The van der Waals surface area contributed by atoms with Crippen LogP contribution in [0.15, 0.2) is 18.2 Å². The van der Waals surface area contributed by atoms with E-state index in [0.29, 0.717) is 30.0 Å². The summed E-state index contributed by atoms with van der Waals surface area (Å²) in [4.78, 5) is 26.5. The van der Waals surface area contributed by atoms with E-state index >= 15 is 0 Å². The molecule has 0 bridgehead atoms. The Labute approximate surface area is 148 Å². The van der Waals surface area contributed by atoms with Crippen LogP contribution >= 0.6 is 0 Å². The SMILES string of the molecule is COCC[C@@H](C)NC(=O)Nc1cc(C(=O)N2CCCC2)ccc1OC. The summed E-state index contributed by atoms with van der Waals surface area (Å²) in [7, 11) is 3.15. The maximum Gasteiger partial charge on any atom is 0.319 e. The topological polar surface area (TPSA) is 79.9 Å². The van der Waals surface area contributed by atoms with Crippen LogP contribution in [0.2, 0.25) is 0 Å². The van der Waals surface area contributed by atoms with E-state index in [9.17, 15) is 9.59 Å². The van der Waals surface area contributed by atoms with Gasteiger partial charge in [0.1, 0.15) is 5.75 Å². The molecular weight excluding hydrogens is 322 g/mol. The number of carbonyl (C=O) groups excluding carboxylic acids is 2. The fraction of sp³-hybridized carbons (Fsp3) is 0.556. The molecule has 7 heteroatoms. The second kappa shape index (κ2) is 9.27. The van der Waals surface area contributed by atoms with Gasteiger partial charge in [0.2, 0.25) is 0 Å². The average molecular weight is 349 g/mol. The van der Waals surface area contributed by atoms with Gasteiger partial charge in [-0.3, -0.25) is 4.79 Å². The summed E-state index contributed by atoms with van der Waals surface area (Å²) in [6.07, 6.45) is 2.79. The zero-order chi connectivity index (χ0) is 18.2. The summed E-state index contributed by atoms with van der Waals surface area (Å²) in [5.74, 6) is 0.495. The molecule has 2 N–H and O–H groups in total. The van der Waals surface area contributed by atoms with E-state index in [1.54, 1.807) is 25.3 Å². The summed E-state index contributed by atoms with van der Waals surface area (Å²) in [6, 6.07) is 4.73. The molecule has 3 amide bonds. The molecule has 7 nitrogen and oxygen atoms in total. The first-order valence-corrected chi connectivity index (χ1v) is 8.59. The van der Waals surface area contributed by atoms with Crippen LogP contribution < -0.4 is 15.4 Å².